The standard InChI is InChI=1S/C9H11N7O2/c1-16-8(6(4-13-16)7(10)15-18)14-9(17)5-2-11-12-3-5/h2-4,18H,1H3,(H2,10,15)(H,11,12)(H,14,17). The number of carbonyl (C=O) groups is 1. The number of hydrogen-bond acceptors (Lipinski definition) is 5. The maximum Gasteiger partial charge on any atom is 0.260 e. The molecule has 0 radical (unpaired) electrons. The Labute approximate surface area is 101 Å². The van der Waals surface area contributed by atoms with Gasteiger partial charge >= 0.3 is 0 Å². The fraction of sp³-hybridized carbons (Fsp3) is 0.111. The number of carbonyl (C=O) groups excluding carboxylic acids is 1. The molecule has 2 heterocycles. The van der Waals surface area contributed by atoms with E-state index in [0.29, 0.717) is 16.9 Å². The van der Waals surface area contributed by atoms with Crippen molar-refractivity contribution >= 4 is 17.6 Å². The summed E-state index contributed by atoms with van der Waals surface area (Å²) in [5.74, 6) is -0.179. The van der Waals surface area contributed by atoms with Crippen LogP contribution in [-0.4, -0.2) is 36.9 Å². The molecule has 5 N–H and O–H groups in total. The number of aryl methyl sites for hydroxylation is 1. The van der Waals surface area contributed by atoms with E-state index < -0.39 is 0 Å². The van der Waals surface area contributed by atoms with E-state index in [9.17, 15) is 4.79 Å². The number of nitrogens with one attached hydrogen (secondary N) is 2. The molecule has 0 fully saturated rings. The average Bonchev–Trinajstić information content (AvgIpc) is 2.99. The van der Waals surface area contributed by atoms with Gasteiger partial charge in [-0.2, -0.15) is 10.2 Å². The van der Waals surface area contributed by atoms with Gasteiger partial charge in [-0.15, -0.1) is 0 Å². The van der Waals surface area contributed by atoms with Crippen LogP contribution in [0.1, 0.15) is 15.9 Å². The van der Waals surface area contributed by atoms with Gasteiger partial charge in [0.05, 0.1) is 23.5 Å². The summed E-state index contributed by atoms with van der Waals surface area (Å²) in [6.07, 6.45) is 4.23. The van der Waals surface area contributed by atoms with Gasteiger partial charge < -0.3 is 16.3 Å². The molecule has 9 nitrogen and oxygen atoms in total. The van der Waals surface area contributed by atoms with Crippen LogP contribution < -0.4 is 11.1 Å². The van der Waals surface area contributed by atoms with Crippen LogP contribution in [0.15, 0.2) is 23.7 Å². The van der Waals surface area contributed by atoms with Gasteiger partial charge in [0, 0.05) is 13.2 Å². The molecule has 2 rings (SSSR count). The highest BCUT2D eigenvalue weighted by Crippen LogP contribution is 2.14. The predicted molar refractivity (Wildman–Crippen MR) is 62.3 cm³/mol. The predicted octanol–water partition coefficient (Wildman–Crippen LogP) is -0.510. The topological polar surface area (TPSA) is 134 Å². The Morgan fingerprint density at radius 2 is 2.39 bits per heavy atom. The number of amidine groups is 1. The molecule has 0 unspecified atom stereocenters. The van der Waals surface area contributed by atoms with Crippen molar-refractivity contribution in [2.24, 2.45) is 17.9 Å². The Balaban J connectivity index is 2.29. The molecule has 0 saturated carbocycles. The summed E-state index contributed by atoms with van der Waals surface area (Å²) >= 11 is 0. The summed E-state index contributed by atoms with van der Waals surface area (Å²) in [4.78, 5) is 11.8. The Bertz CT molecular complexity index is 584. The van der Waals surface area contributed by atoms with Crippen LogP contribution in [0.2, 0.25) is 0 Å². The minimum Gasteiger partial charge on any atom is -0.409 e. The number of rotatable bonds is 3. The highest BCUT2D eigenvalue weighted by Gasteiger charge is 2.16. The van der Waals surface area contributed by atoms with Gasteiger partial charge in [0.1, 0.15) is 5.82 Å². The summed E-state index contributed by atoms with van der Waals surface area (Å²) in [5, 5.41) is 24.2. The fourth-order valence-corrected chi connectivity index (χ4v) is 1.38. The van der Waals surface area contributed by atoms with Crippen LogP contribution in [0.25, 0.3) is 0 Å². The quantitative estimate of drug-likeness (QED) is 0.251. The number of nitrogens with zero attached hydrogens (tertiary/aromatic N) is 4. The van der Waals surface area contributed by atoms with Gasteiger partial charge in [0.15, 0.2) is 5.84 Å². The van der Waals surface area contributed by atoms with Crippen LogP contribution in [0.3, 0.4) is 0 Å². The second-order valence-corrected chi connectivity index (χ2v) is 3.46. The van der Waals surface area contributed by atoms with Crippen molar-refractivity contribution in [2.45, 2.75) is 0 Å². The molecule has 94 valence electrons. The number of nitrogens with two attached hydrogens (primary N) is 1. The third-order valence-electron chi connectivity index (χ3n) is 2.31. The molecule has 0 aliphatic carbocycles. The molecule has 1 amide bonds. The summed E-state index contributed by atoms with van der Waals surface area (Å²) in [6.45, 7) is 0. The van der Waals surface area contributed by atoms with E-state index in [1.54, 1.807) is 7.05 Å². The lowest BCUT2D eigenvalue weighted by molar-refractivity contribution is 0.102. The van der Waals surface area contributed by atoms with Crippen molar-refractivity contribution in [1.29, 1.82) is 0 Å². The molecule has 0 saturated heterocycles. The van der Waals surface area contributed by atoms with Gasteiger partial charge in [0.2, 0.25) is 0 Å². The number of aromatic nitrogens is 4. The van der Waals surface area contributed by atoms with Crippen LogP contribution in [0.4, 0.5) is 5.82 Å². The second-order valence-electron chi connectivity index (χ2n) is 3.46. The third-order valence-corrected chi connectivity index (χ3v) is 2.31. The Morgan fingerprint density at radius 1 is 1.61 bits per heavy atom. The summed E-state index contributed by atoms with van der Waals surface area (Å²) in [7, 11) is 1.62. The monoisotopic (exact) mass is 249 g/mol. The summed E-state index contributed by atoms with van der Waals surface area (Å²) < 4.78 is 1.41. The van der Waals surface area contributed by atoms with Crippen LogP contribution >= 0.6 is 0 Å². The second kappa shape index (κ2) is 4.57. The number of H-pyrrole nitrogens is 1. The van der Waals surface area contributed by atoms with Gasteiger partial charge in [-0.3, -0.25) is 14.6 Å². The van der Waals surface area contributed by atoms with E-state index in [0.717, 1.165) is 0 Å². The third kappa shape index (κ3) is 2.00. The van der Waals surface area contributed by atoms with Crippen LogP contribution in [-0.2, 0) is 7.05 Å². The Kier molecular flexibility index (Phi) is 2.96. The molecule has 0 aliphatic heterocycles. The lowest BCUT2D eigenvalue weighted by Gasteiger charge is -2.06. The molecule has 0 spiro atoms. The maximum atomic E-state index is 11.8. The first-order valence-corrected chi connectivity index (χ1v) is 4.93. The fourth-order valence-electron chi connectivity index (χ4n) is 1.38. The van der Waals surface area contributed by atoms with E-state index in [-0.39, 0.29) is 11.7 Å². The number of amides is 1. The van der Waals surface area contributed by atoms with Gasteiger partial charge in [-0.1, -0.05) is 5.16 Å². The minimum atomic E-state index is -0.376. The molecular weight excluding hydrogens is 238 g/mol. The van der Waals surface area contributed by atoms with Gasteiger partial charge in [-0.05, 0) is 0 Å². The highest BCUT2D eigenvalue weighted by molar-refractivity contribution is 6.08. The molecule has 2 aromatic rings. The Hall–Kier alpha value is -2.84. The molecule has 0 aliphatic rings. The molecule has 0 aromatic carbocycles. The molecular formula is C9H11N7O2. The smallest absolute Gasteiger partial charge is 0.260 e. The number of oxime groups is 1. The van der Waals surface area contributed by atoms with E-state index in [2.05, 4.69) is 25.8 Å². The molecule has 9 heteroatoms. The molecule has 2 aromatic heterocycles. The molecule has 0 bridgehead atoms. The molecule has 18 heavy (non-hydrogen) atoms. The van der Waals surface area contributed by atoms with Gasteiger partial charge in [-0.25, -0.2) is 0 Å². The summed E-state index contributed by atoms with van der Waals surface area (Å²) in [5.41, 5.74) is 6.17. The van der Waals surface area contributed by atoms with Crippen molar-refractivity contribution in [2.75, 3.05) is 5.32 Å². The van der Waals surface area contributed by atoms with Crippen molar-refractivity contribution < 1.29 is 10.0 Å². The summed E-state index contributed by atoms with van der Waals surface area (Å²) in [6, 6.07) is 0. The van der Waals surface area contributed by atoms with Gasteiger partial charge in [0.25, 0.3) is 5.91 Å². The molecule has 0 atom stereocenters. The first-order valence-electron chi connectivity index (χ1n) is 4.93. The SMILES string of the molecule is Cn1ncc(C(N)=NO)c1NC(=O)c1cn[nH]c1. The number of aromatic amines is 1. The first-order chi connectivity index (χ1) is 8.63. The lowest BCUT2D eigenvalue weighted by Crippen LogP contribution is -2.19. The Morgan fingerprint density at radius 3 is 3.00 bits per heavy atom. The lowest BCUT2D eigenvalue weighted by atomic mass is 10.3. The van der Waals surface area contributed by atoms with E-state index in [1.807, 2.05) is 0 Å². The zero-order valence-corrected chi connectivity index (χ0v) is 9.45. The maximum absolute atomic E-state index is 11.8. The average molecular weight is 249 g/mol. The van der Waals surface area contributed by atoms with Crippen molar-refractivity contribution in [1.82, 2.24) is 20.0 Å². The minimum absolute atomic E-state index is 0.134. The number of anilines is 1. The normalized spacial score (nSPS) is 11.5. The van der Waals surface area contributed by atoms with Crippen molar-refractivity contribution in [3.63, 3.8) is 0 Å². The largest absolute Gasteiger partial charge is 0.409 e. The van der Waals surface area contributed by atoms with Crippen molar-refractivity contribution in [3.05, 3.63) is 29.7 Å². The highest BCUT2D eigenvalue weighted by atomic mass is 16.4. The number of hydrogen-bond donors (Lipinski definition) is 4. The van der Waals surface area contributed by atoms with E-state index >= 15 is 0 Å². The first kappa shape index (κ1) is 11.6. The van der Waals surface area contributed by atoms with Crippen LogP contribution in [0, 0.1) is 0 Å². The zero-order valence-electron chi connectivity index (χ0n) is 9.45. The van der Waals surface area contributed by atoms with Crippen LogP contribution in [0.5, 0.6) is 0 Å². The van der Waals surface area contributed by atoms with E-state index in [1.165, 1.54) is 23.3 Å². The zero-order chi connectivity index (χ0) is 13.1. The van der Waals surface area contributed by atoms with Crippen molar-refractivity contribution in [3.8, 4) is 0 Å². The van der Waals surface area contributed by atoms with E-state index in [4.69, 9.17) is 10.9 Å².